The number of hydrogen-bond donors (Lipinski definition) is 9. The van der Waals surface area contributed by atoms with Crippen LogP contribution >= 0.6 is 0 Å². The first-order valence-electron chi connectivity index (χ1n) is 16.6. The number of nitrogens with two attached hydrogens (primary N) is 1. The molecule has 2 atom stereocenters. The SMILES string of the molecule is NC(=O)[C@H](Cc1c[nH]c2ccccc12)NC(=O)CNC(=O)C(CO)NC(=O)CN1CCN(CC(=O)O)CCN(CC(=O)O)CCN(CC(=O)O)CC1. The topological polar surface area (TPSA) is 291 Å². The number of aliphatic hydroxyl groups is 1. The second kappa shape index (κ2) is 20.6. The predicted molar refractivity (Wildman–Crippen MR) is 184 cm³/mol. The van der Waals surface area contributed by atoms with E-state index in [-0.39, 0.29) is 85.0 Å². The lowest BCUT2D eigenvalue weighted by atomic mass is 10.0. The maximum Gasteiger partial charge on any atom is 0.317 e. The lowest BCUT2D eigenvalue weighted by Gasteiger charge is -2.33. The Morgan fingerprint density at radius 3 is 1.62 bits per heavy atom. The molecule has 2 heterocycles. The van der Waals surface area contributed by atoms with E-state index in [1.165, 1.54) is 0 Å². The first-order chi connectivity index (χ1) is 24.7. The number of rotatable bonds is 17. The number of nitrogens with one attached hydrogen (secondary N) is 4. The standard InChI is InChI=1S/C32H47N9O11/c33-31(51)24(13-21-14-34-23-4-2-1-3-22(21)23)36-26(43)15-35-32(52)25(20-42)37-27(44)16-38-5-7-39(17-28(45)46)9-11-41(19-30(49)50)12-10-40(8-6-38)18-29(47)48/h1-4,14,24-25,34,42H,5-13,15-20H2,(H2,33,51)(H,35,52)(H,36,43)(H,37,44)(H,45,46)(H,47,48)(H,49,50)/t24-,25?/m0/s1. The molecule has 4 amide bonds. The van der Waals surface area contributed by atoms with Crippen LogP contribution in [-0.2, 0) is 40.0 Å². The molecule has 52 heavy (non-hydrogen) atoms. The number of fused-ring (bicyclic) bond motifs is 1. The number of primary amides is 1. The fraction of sp³-hybridized carbons (Fsp3) is 0.531. The second-order valence-corrected chi connectivity index (χ2v) is 12.4. The van der Waals surface area contributed by atoms with Crippen LogP contribution in [-0.4, -0.2) is 190 Å². The number of hydrogen-bond acceptors (Lipinski definition) is 12. The van der Waals surface area contributed by atoms with Crippen LogP contribution in [0.3, 0.4) is 0 Å². The van der Waals surface area contributed by atoms with Gasteiger partial charge in [0, 0.05) is 75.9 Å². The molecule has 286 valence electrons. The van der Waals surface area contributed by atoms with Gasteiger partial charge in [-0.05, 0) is 11.6 Å². The van der Waals surface area contributed by atoms with Crippen molar-refractivity contribution in [3.8, 4) is 0 Å². The molecule has 1 unspecified atom stereocenters. The number of H-pyrrole nitrogens is 1. The molecule has 0 radical (unpaired) electrons. The Bertz CT molecular complexity index is 1540. The number of aliphatic carboxylic acids is 3. The molecule has 0 bridgehead atoms. The summed E-state index contributed by atoms with van der Waals surface area (Å²) < 4.78 is 0. The number of aliphatic hydroxyl groups excluding tert-OH is 1. The Morgan fingerprint density at radius 1 is 0.692 bits per heavy atom. The third-order valence-electron chi connectivity index (χ3n) is 8.41. The van der Waals surface area contributed by atoms with Gasteiger partial charge in [-0.3, -0.25) is 53.2 Å². The van der Waals surface area contributed by atoms with Crippen molar-refractivity contribution >= 4 is 52.4 Å². The molecule has 0 spiro atoms. The fourth-order valence-corrected chi connectivity index (χ4v) is 5.70. The predicted octanol–water partition coefficient (Wildman–Crippen LogP) is -4.25. The molecule has 1 aromatic heterocycles. The van der Waals surface area contributed by atoms with E-state index in [9.17, 15) is 54.0 Å². The average molecular weight is 734 g/mol. The van der Waals surface area contributed by atoms with Gasteiger partial charge in [0.25, 0.3) is 0 Å². The van der Waals surface area contributed by atoms with Crippen LogP contribution < -0.4 is 21.7 Å². The number of carboxylic acids is 3. The average Bonchev–Trinajstić information content (AvgIpc) is 3.48. The lowest BCUT2D eigenvalue weighted by molar-refractivity contribution is -0.140. The molecule has 1 fully saturated rings. The lowest BCUT2D eigenvalue weighted by Crippen LogP contribution is -2.54. The van der Waals surface area contributed by atoms with Crippen molar-refractivity contribution in [1.82, 2.24) is 40.5 Å². The Hall–Kier alpha value is -5.15. The van der Waals surface area contributed by atoms with E-state index in [0.29, 0.717) is 0 Å². The molecular formula is C32H47N9O11. The molecule has 0 aliphatic carbocycles. The van der Waals surface area contributed by atoms with E-state index < -0.39 is 66.8 Å². The Balaban J connectivity index is 1.58. The minimum atomic E-state index is -1.45. The summed E-state index contributed by atoms with van der Waals surface area (Å²) in [4.78, 5) is 94.6. The van der Waals surface area contributed by atoms with E-state index in [0.717, 1.165) is 16.5 Å². The van der Waals surface area contributed by atoms with Gasteiger partial charge in [-0.25, -0.2) is 0 Å². The molecule has 1 aliphatic heterocycles. The first kappa shape index (κ1) is 41.3. The summed E-state index contributed by atoms with van der Waals surface area (Å²) in [5.41, 5.74) is 7.10. The highest BCUT2D eigenvalue weighted by Gasteiger charge is 2.25. The van der Waals surface area contributed by atoms with Crippen LogP contribution in [0.25, 0.3) is 10.9 Å². The number of aromatic amines is 1. The van der Waals surface area contributed by atoms with Crippen LogP contribution in [0.4, 0.5) is 0 Å². The van der Waals surface area contributed by atoms with Gasteiger partial charge in [0.05, 0.1) is 39.3 Å². The minimum absolute atomic E-state index is 0.0934. The molecule has 3 rings (SSSR count). The molecule has 1 aromatic carbocycles. The largest absolute Gasteiger partial charge is 0.480 e. The smallest absolute Gasteiger partial charge is 0.317 e. The van der Waals surface area contributed by atoms with Gasteiger partial charge in [-0.2, -0.15) is 0 Å². The Morgan fingerprint density at radius 2 is 1.15 bits per heavy atom. The number of carbonyl (C=O) groups excluding carboxylic acids is 4. The van der Waals surface area contributed by atoms with Crippen LogP contribution in [0.5, 0.6) is 0 Å². The highest BCUT2D eigenvalue weighted by Crippen LogP contribution is 2.19. The zero-order chi connectivity index (χ0) is 38.2. The van der Waals surface area contributed by atoms with Gasteiger partial charge in [-0.15, -0.1) is 0 Å². The van der Waals surface area contributed by atoms with E-state index in [4.69, 9.17) is 5.73 Å². The van der Waals surface area contributed by atoms with Crippen molar-refractivity contribution < 1.29 is 54.0 Å². The fourth-order valence-electron chi connectivity index (χ4n) is 5.70. The van der Waals surface area contributed by atoms with Gasteiger partial charge in [0.1, 0.15) is 12.1 Å². The number of aromatic nitrogens is 1. The zero-order valence-electron chi connectivity index (χ0n) is 28.7. The highest BCUT2D eigenvalue weighted by molar-refractivity contribution is 5.93. The summed E-state index contributed by atoms with van der Waals surface area (Å²) in [7, 11) is 0. The summed E-state index contributed by atoms with van der Waals surface area (Å²) >= 11 is 0. The van der Waals surface area contributed by atoms with Crippen molar-refractivity contribution in [1.29, 1.82) is 0 Å². The molecule has 1 aliphatic rings. The van der Waals surface area contributed by atoms with Crippen LogP contribution in [0, 0.1) is 0 Å². The molecule has 20 nitrogen and oxygen atoms in total. The van der Waals surface area contributed by atoms with Crippen molar-refractivity contribution in [3.63, 3.8) is 0 Å². The minimum Gasteiger partial charge on any atom is -0.480 e. The van der Waals surface area contributed by atoms with Crippen LogP contribution in [0.2, 0.25) is 0 Å². The number of carbonyl (C=O) groups is 7. The Labute approximate surface area is 298 Å². The van der Waals surface area contributed by atoms with E-state index in [2.05, 4.69) is 20.9 Å². The first-order valence-corrected chi connectivity index (χ1v) is 16.6. The second-order valence-electron chi connectivity index (χ2n) is 12.4. The van der Waals surface area contributed by atoms with Crippen molar-refractivity contribution in [2.24, 2.45) is 5.73 Å². The third kappa shape index (κ3) is 14.2. The van der Waals surface area contributed by atoms with Crippen molar-refractivity contribution in [3.05, 3.63) is 36.0 Å². The number of carboxylic acid groups (broad SMARTS) is 3. The van der Waals surface area contributed by atoms with Crippen LogP contribution in [0.15, 0.2) is 30.5 Å². The van der Waals surface area contributed by atoms with Gasteiger partial charge in [-0.1, -0.05) is 18.2 Å². The van der Waals surface area contributed by atoms with Gasteiger partial charge < -0.3 is 47.1 Å². The van der Waals surface area contributed by atoms with Gasteiger partial charge in [0.15, 0.2) is 0 Å². The number of amides is 4. The maximum absolute atomic E-state index is 13.1. The van der Waals surface area contributed by atoms with Crippen molar-refractivity contribution in [2.45, 2.75) is 18.5 Å². The summed E-state index contributed by atoms with van der Waals surface area (Å²) in [6, 6.07) is 4.85. The Kier molecular flexibility index (Phi) is 16.4. The van der Waals surface area contributed by atoms with Gasteiger partial charge >= 0.3 is 17.9 Å². The van der Waals surface area contributed by atoms with Gasteiger partial charge in [0.2, 0.25) is 23.6 Å². The van der Waals surface area contributed by atoms with E-state index in [1.54, 1.807) is 25.8 Å². The number of benzene rings is 1. The zero-order valence-corrected chi connectivity index (χ0v) is 28.7. The number of para-hydroxylation sites is 1. The van der Waals surface area contributed by atoms with E-state index in [1.807, 2.05) is 24.3 Å². The molecule has 10 N–H and O–H groups in total. The third-order valence-corrected chi connectivity index (χ3v) is 8.41. The summed E-state index contributed by atoms with van der Waals surface area (Å²) in [5, 5.41) is 46.1. The molecular weight excluding hydrogens is 686 g/mol. The number of nitrogens with zero attached hydrogens (tertiary/aromatic N) is 4. The summed E-state index contributed by atoms with van der Waals surface area (Å²) in [6.45, 7) is -1.20. The van der Waals surface area contributed by atoms with Crippen LogP contribution in [0.1, 0.15) is 5.56 Å². The maximum atomic E-state index is 13.1. The summed E-state index contributed by atoms with van der Waals surface area (Å²) in [5.74, 6) is -6.35. The van der Waals surface area contributed by atoms with E-state index >= 15 is 0 Å². The summed E-state index contributed by atoms with van der Waals surface area (Å²) in [6.07, 6.45) is 1.80. The normalized spacial score (nSPS) is 16.9. The monoisotopic (exact) mass is 733 g/mol. The highest BCUT2D eigenvalue weighted by atomic mass is 16.4. The van der Waals surface area contributed by atoms with Crippen molar-refractivity contribution in [2.75, 3.05) is 91.7 Å². The molecule has 0 saturated carbocycles. The quantitative estimate of drug-likeness (QED) is 0.0744. The molecule has 20 heteroatoms. The molecule has 1 saturated heterocycles. The molecule has 2 aromatic rings.